The van der Waals surface area contributed by atoms with Gasteiger partial charge in [-0.3, -0.25) is 19.9 Å². The Kier molecular flexibility index (Phi) is 29.5. The molecule has 0 aliphatic heterocycles. The quantitative estimate of drug-likeness (QED) is 0.0479. The number of nitrogens with zero attached hydrogens (tertiary/aromatic N) is 8. The third-order valence-electron chi connectivity index (χ3n) is 16.6. The lowest BCUT2D eigenvalue weighted by molar-refractivity contribution is 0.863. The van der Waals surface area contributed by atoms with E-state index < -0.39 is 0 Å². The van der Waals surface area contributed by atoms with Crippen LogP contribution in [-0.4, -0.2) is 76.1 Å². The Morgan fingerprint density at radius 3 is 1.20 bits per heavy atom. The van der Waals surface area contributed by atoms with E-state index in [9.17, 15) is 0 Å². The van der Waals surface area contributed by atoms with E-state index in [0.717, 1.165) is 61.1 Å². The molecule has 0 spiro atoms. The predicted octanol–water partition coefficient (Wildman–Crippen LogP) is 23.9. The SMILES string of the molecule is CC(C)Nc1cc(C(C)C)cc2cccnc12.CC(C)Nc1cc(C(C)C)cc2ccncc12.CC(C)Nc1cc(C(C)C)cc2ccsc12.CC(C)Nc1cc(C(C)C)cc2cncnc12.CC(C)Nc1cc(C(C)C)cc2nccnc12.CC(C)Nc1cc(C(C)C)cc2ncncc12. The third-order valence-corrected chi connectivity index (χ3v) is 17.6. The molecule has 6 aromatic carbocycles. The summed E-state index contributed by atoms with van der Waals surface area (Å²) in [5.74, 6) is 3.16. The second-order valence-electron chi connectivity index (χ2n) is 30.0. The fourth-order valence-corrected chi connectivity index (χ4v) is 12.3. The van der Waals surface area contributed by atoms with Gasteiger partial charge in [-0.2, -0.15) is 0 Å². The van der Waals surface area contributed by atoms with E-state index in [-0.39, 0.29) is 0 Å². The molecular weight excluding hydrogens is 1260 g/mol. The van der Waals surface area contributed by atoms with E-state index in [1.54, 1.807) is 25.0 Å². The normalized spacial score (nSPS) is 11.4. The molecule has 12 aromatic rings. The summed E-state index contributed by atoms with van der Waals surface area (Å²) in [7, 11) is 0. The van der Waals surface area contributed by atoms with E-state index >= 15 is 0 Å². The summed E-state index contributed by atoms with van der Waals surface area (Å²) in [5, 5.41) is 30.3. The number of pyridine rings is 2. The van der Waals surface area contributed by atoms with Crippen LogP contribution in [0.15, 0.2) is 158 Å². The highest BCUT2D eigenvalue weighted by Crippen LogP contribution is 2.36. The number of rotatable bonds is 18. The summed E-state index contributed by atoms with van der Waals surface area (Å²) >= 11 is 1.81. The number of benzene rings is 6. The number of aromatic nitrogens is 8. The Morgan fingerprint density at radius 2 is 0.663 bits per heavy atom. The average Bonchev–Trinajstić information content (AvgIpc) is 1.74. The first kappa shape index (κ1) is 79.2. The zero-order valence-corrected chi connectivity index (χ0v) is 65.7. The summed E-state index contributed by atoms with van der Waals surface area (Å²) in [6.45, 7) is 52.3. The van der Waals surface area contributed by atoms with Gasteiger partial charge in [0, 0.05) is 113 Å². The van der Waals surface area contributed by atoms with Gasteiger partial charge in [-0.1, -0.05) is 95.2 Å². The molecule has 6 N–H and O–H groups in total. The lowest BCUT2D eigenvalue weighted by Crippen LogP contribution is -2.11. The maximum atomic E-state index is 4.47. The van der Waals surface area contributed by atoms with Crippen molar-refractivity contribution < 1.29 is 0 Å². The van der Waals surface area contributed by atoms with Gasteiger partial charge >= 0.3 is 0 Å². The molecule has 0 amide bonds. The van der Waals surface area contributed by atoms with E-state index in [1.807, 2.05) is 48.4 Å². The van der Waals surface area contributed by atoms with Crippen LogP contribution in [0.5, 0.6) is 0 Å². The Morgan fingerprint density at radius 1 is 0.277 bits per heavy atom. The van der Waals surface area contributed by atoms with Crippen molar-refractivity contribution >= 4 is 110 Å². The van der Waals surface area contributed by atoms with E-state index in [4.69, 9.17) is 0 Å². The molecule has 101 heavy (non-hydrogen) atoms. The molecule has 6 aromatic heterocycles. The fraction of sp³-hybridized carbons (Fsp3) is 0.419. The number of nitrogens with one attached hydrogen (secondary N) is 6. The van der Waals surface area contributed by atoms with Gasteiger partial charge in [0.05, 0.1) is 49.5 Å². The van der Waals surface area contributed by atoms with Gasteiger partial charge in [-0.15, -0.1) is 11.3 Å². The molecule has 12 rings (SSSR count). The smallest absolute Gasteiger partial charge is 0.116 e. The van der Waals surface area contributed by atoms with Crippen molar-refractivity contribution in [2.75, 3.05) is 31.9 Å². The lowest BCUT2D eigenvalue weighted by atomic mass is 9.98. The Hall–Kier alpha value is -9.08. The molecule has 15 heteroatoms. The Balaban J connectivity index is 0.000000170. The maximum absolute atomic E-state index is 4.47. The summed E-state index contributed by atoms with van der Waals surface area (Å²) < 4.78 is 1.37. The average molecular weight is 1380 g/mol. The zero-order chi connectivity index (χ0) is 73.8. The molecule has 6 heterocycles. The lowest BCUT2D eigenvalue weighted by Gasteiger charge is -2.16. The third kappa shape index (κ3) is 23.2. The molecule has 0 unspecified atom stereocenters. The molecule has 0 atom stereocenters. The van der Waals surface area contributed by atoms with E-state index in [0.29, 0.717) is 71.8 Å². The summed E-state index contributed by atoms with van der Waals surface area (Å²) in [6.07, 6.45) is 16.1. The van der Waals surface area contributed by atoms with Gasteiger partial charge in [0.25, 0.3) is 0 Å². The van der Waals surface area contributed by atoms with Crippen LogP contribution < -0.4 is 31.9 Å². The Bertz CT molecular complexity index is 4000. The van der Waals surface area contributed by atoms with Gasteiger partial charge < -0.3 is 31.9 Å². The van der Waals surface area contributed by atoms with Crippen LogP contribution >= 0.6 is 11.3 Å². The van der Waals surface area contributed by atoms with Crippen molar-refractivity contribution in [1.29, 1.82) is 0 Å². The highest BCUT2D eigenvalue weighted by Gasteiger charge is 2.15. The summed E-state index contributed by atoms with van der Waals surface area (Å²) in [6, 6.07) is 37.5. The second kappa shape index (κ2) is 37.6. The van der Waals surface area contributed by atoms with Crippen molar-refractivity contribution in [2.24, 2.45) is 0 Å². The number of hydrogen-bond acceptors (Lipinski definition) is 15. The molecular formula is C86H116N14S. The Labute approximate surface area is 608 Å². The molecule has 14 nitrogen and oxygen atoms in total. The highest BCUT2D eigenvalue weighted by molar-refractivity contribution is 7.17. The van der Waals surface area contributed by atoms with Crippen LogP contribution in [0, 0.1) is 0 Å². The molecule has 0 radical (unpaired) electrons. The first-order valence-electron chi connectivity index (χ1n) is 36.5. The van der Waals surface area contributed by atoms with Crippen LogP contribution in [0.3, 0.4) is 0 Å². The van der Waals surface area contributed by atoms with Crippen LogP contribution in [0.1, 0.15) is 235 Å². The highest BCUT2D eigenvalue weighted by atomic mass is 32.1. The number of thiophene rings is 1. The van der Waals surface area contributed by atoms with Crippen molar-refractivity contribution in [3.05, 3.63) is 192 Å². The number of hydrogen-bond donors (Lipinski definition) is 6. The molecule has 0 bridgehead atoms. The van der Waals surface area contributed by atoms with E-state index in [2.05, 4.69) is 334 Å². The minimum atomic E-state index is 0.391. The minimum Gasteiger partial charge on any atom is -0.382 e. The van der Waals surface area contributed by atoms with Crippen molar-refractivity contribution in [2.45, 2.75) is 238 Å². The van der Waals surface area contributed by atoms with Crippen LogP contribution in [0.2, 0.25) is 0 Å². The van der Waals surface area contributed by atoms with Crippen LogP contribution in [0.25, 0.3) is 64.6 Å². The van der Waals surface area contributed by atoms with Crippen molar-refractivity contribution in [3.8, 4) is 0 Å². The molecule has 0 saturated heterocycles. The predicted molar refractivity (Wildman–Crippen MR) is 441 cm³/mol. The van der Waals surface area contributed by atoms with Crippen molar-refractivity contribution in [3.63, 3.8) is 0 Å². The van der Waals surface area contributed by atoms with Gasteiger partial charge in [0.2, 0.25) is 0 Å². The zero-order valence-electron chi connectivity index (χ0n) is 64.9. The molecule has 536 valence electrons. The molecule has 0 saturated carbocycles. The molecule has 0 fully saturated rings. The topological polar surface area (TPSA) is 175 Å². The summed E-state index contributed by atoms with van der Waals surface area (Å²) in [4.78, 5) is 34.4. The van der Waals surface area contributed by atoms with Crippen molar-refractivity contribution in [1.82, 2.24) is 39.9 Å². The van der Waals surface area contributed by atoms with Gasteiger partial charge in [0.15, 0.2) is 0 Å². The van der Waals surface area contributed by atoms with Gasteiger partial charge in [0.1, 0.15) is 18.2 Å². The van der Waals surface area contributed by atoms with Gasteiger partial charge in [-0.25, -0.2) is 19.9 Å². The number of anilines is 6. The molecule has 0 aliphatic rings. The molecule has 0 aliphatic carbocycles. The van der Waals surface area contributed by atoms with Crippen LogP contribution in [0.4, 0.5) is 34.1 Å². The minimum absolute atomic E-state index is 0.391. The summed E-state index contributed by atoms with van der Waals surface area (Å²) in [5.41, 5.74) is 19.9. The van der Waals surface area contributed by atoms with E-state index in [1.165, 1.54) is 71.0 Å². The largest absolute Gasteiger partial charge is 0.382 e. The first-order valence-corrected chi connectivity index (χ1v) is 37.4. The first-order chi connectivity index (χ1) is 48.0. The maximum Gasteiger partial charge on any atom is 0.116 e. The van der Waals surface area contributed by atoms with Gasteiger partial charge in [-0.05, 0) is 253 Å². The second-order valence-corrected chi connectivity index (χ2v) is 30.9. The fourth-order valence-electron chi connectivity index (χ4n) is 11.4. The van der Waals surface area contributed by atoms with Crippen LogP contribution in [-0.2, 0) is 0 Å². The standard InChI is InChI=1S/2C15H20N2.3C14H19N3.C14H19NS/c1-10(2)13-7-12-5-6-16-9-14(12)15(8-13)17-11(3)4;1-10(2)13-8-12-6-5-7-16-15(12)14(9-13)17-11(3)4;1-9(2)11-5-13-12(7-15-8-16-13)14(6-11)17-10(3)4;1-9(2)11-5-12-7-15-8-16-14(12)13(6-11)17-10(3)4;1-9(2)11-7-12-14(16-6-5-15-12)13(8-11)17-10(3)4;1-9(2)12-7-11-5-6-16-14(11)13(8-12)15-10(3)4/h2*5-11,17H,1-4H3;3*5-10,17H,1-4H3;5-10,15H,1-4H3. The number of fused-ring (bicyclic) bond motifs is 6. The monoisotopic (exact) mass is 1380 g/mol.